The monoisotopic (exact) mass is 390 g/mol. The lowest BCUT2D eigenvalue weighted by Gasteiger charge is -2.36. The molecule has 0 unspecified atom stereocenters. The van der Waals surface area contributed by atoms with E-state index in [1.165, 1.54) is 29.8 Å². The van der Waals surface area contributed by atoms with Crippen molar-refractivity contribution in [3.8, 4) is 5.75 Å². The highest BCUT2D eigenvalue weighted by atomic mass is 19.4. The minimum absolute atomic E-state index is 0.0617. The number of halogens is 3. The van der Waals surface area contributed by atoms with Crippen molar-refractivity contribution in [1.29, 1.82) is 0 Å². The molecule has 1 saturated heterocycles. The van der Waals surface area contributed by atoms with Crippen LogP contribution in [0.2, 0.25) is 0 Å². The average Bonchev–Trinajstić information content (AvgIpc) is 2.93. The Morgan fingerprint density at radius 2 is 1.86 bits per heavy atom. The van der Waals surface area contributed by atoms with Gasteiger partial charge in [0.2, 0.25) is 0 Å². The van der Waals surface area contributed by atoms with E-state index < -0.39 is 6.36 Å². The van der Waals surface area contributed by atoms with Crippen LogP contribution in [-0.4, -0.2) is 43.3 Å². The maximum atomic E-state index is 13.3. The maximum absolute atomic E-state index is 13.3. The van der Waals surface area contributed by atoms with Crippen molar-refractivity contribution in [1.82, 2.24) is 4.90 Å². The molecular weight excluding hydrogens is 369 g/mol. The summed E-state index contributed by atoms with van der Waals surface area (Å²) in [6.45, 7) is 3.81. The number of likely N-dealkylation sites (tertiary alicyclic amines) is 1. The molecule has 148 valence electrons. The van der Waals surface area contributed by atoms with E-state index in [-0.39, 0.29) is 23.6 Å². The fourth-order valence-corrected chi connectivity index (χ4v) is 4.28. The molecule has 0 bridgehead atoms. The minimum Gasteiger partial charge on any atom is -0.406 e. The molecule has 7 heteroatoms. The Hall–Kier alpha value is -2.54. The molecule has 4 rings (SSSR count). The van der Waals surface area contributed by atoms with E-state index in [2.05, 4.69) is 22.8 Å². The molecule has 1 fully saturated rings. The molecule has 0 N–H and O–H groups in total. The smallest absolute Gasteiger partial charge is 0.406 e. The number of nitrogens with zero attached hydrogens (tertiary/aromatic N) is 2. The lowest BCUT2D eigenvalue weighted by atomic mass is 9.88. The summed E-state index contributed by atoms with van der Waals surface area (Å²) in [5, 5.41) is 0. The van der Waals surface area contributed by atoms with Gasteiger partial charge in [0.05, 0.1) is 0 Å². The Balaban J connectivity index is 1.65. The number of ether oxygens (including phenoxy) is 1. The second kappa shape index (κ2) is 6.81. The first-order chi connectivity index (χ1) is 13.2. The van der Waals surface area contributed by atoms with Crippen LogP contribution < -0.4 is 9.64 Å². The fourth-order valence-electron chi connectivity index (χ4n) is 4.28. The van der Waals surface area contributed by atoms with Gasteiger partial charge in [0.25, 0.3) is 5.91 Å². The molecular formula is C21H21F3N2O2. The zero-order valence-corrected chi connectivity index (χ0v) is 15.7. The van der Waals surface area contributed by atoms with Gasteiger partial charge in [0.1, 0.15) is 5.75 Å². The molecule has 28 heavy (non-hydrogen) atoms. The van der Waals surface area contributed by atoms with E-state index in [0.717, 1.165) is 30.8 Å². The normalized spacial score (nSPS) is 22.0. The maximum Gasteiger partial charge on any atom is 0.573 e. The second-order valence-corrected chi connectivity index (χ2v) is 7.53. The Bertz CT molecular complexity index is 896. The predicted octanol–water partition coefficient (Wildman–Crippen LogP) is 4.34. The summed E-state index contributed by atoms with van der Waals surface area (Å²) < 4.78 is 41.0. The molecule has 1 amide bonds. The van der Waals surface area contributed by atoms with Crippen LogP contribution in [0.5, 0.6) is 5.75 Å². The van der Waals surface area contributed by atoms with Gasteiger partial charge in [0.15, 0.2) is 0 Å². The number of anilines is 1. The average molecular weight is 390 g/mol. The number of hydrogen-bond donors (Lipinski definition) is 0. The predicted molar refractivity (Wildman–Crippen MR) is 99.8 cm³/mol. The quantitative estimate of drug-likeness (QED) is 0.765. The third kappa shape index (κ3) is 3.46. The van der Waals surface area contributed by atoms with E-state index in [9.17, 15) is 18.0 Å². The van der Waals surface area contributed by atoms with Gasteiger partial charge < -0.3 is 14.5 Å². The number of carbonyl (C=O) groups excluding carboxylic acids is 1. The lowest BCUT2D eigenvalue weighted by Crippen LogP contribution is -2.47. The second-order valence-electron chi connectivity index (χ2n) is 7.53. The van der Waals surface area contributed by atoms with Gasteiger partial charge in [-0.25, -0.2) is 0 Å². The summed E-state index contributed by atoms with van der Waals surface area (Å²) in [4.78, 5) is 17.4. The highest BCUT2D eigenvalue weighted by Gasteiger charge is 2.44. The Morgan fingerprint density at radius 3 is 2.54 bits per heavy atom. The van der Waals surface area contributed by atoms with Gasteiger partial charge >= 0.3 is 6.36 Å². The van der Waals surface area contributed by atoms with Crippen molar-refractivity contribution in [3.05, 3.63) is 59.2 Å². The number of amides is 1. The van der Waals surface area contributed by atoms with Crippen molar-refractivity contribution >= 4 is 11.6 Å². The van der Waals surface area contributed by atoms with Crippen LogP contribution in [0, 0.1) is 6.92 Å². The number of rotatable bonds is 2. The van der Waals surface area contributed by atoms with Crippen LogP contribution in [0.15, 0.2) is 42.5 Å². The molecule has 4 nitrogen and oxygen atoms in total. The van der Waals surface area contributed by atoms with E-state index in [1.807, 2.05) is 24.0 Å². The first kappa shape index (κ1) is 18.8. The summed E-state index contributed by atoms with van der Waals surface area (Å²) in [5.74, 6) is -0.287. The van der Waals surface area contributed by atoms with Gasteiger partial charge in [-0.1, -0.05) is 17.7 Å². The Labute approximate surface area is 161 Å². The number of aryl methyl sites for hydroxylation is 1. The highest BCUT2D eigenvalue weighted by Crippen LogP contribution is 2.45. The van der Waals surface area contributed by atoms with E-state index in [4.69, 9.17) is 0 Å². The SMILES string of the molecule is Cc1ccc2c(c1)[C@H]1CN(C)CC[C@@H]1N2C(=O)c1ccc(OC(F)(F)F)cc1. The van der Waals surface area contributed by atoms with Crippen molar-refractivity contribution < 1.29 is 22.7 Å². The number of fused-ring (bicyclic) bond motifs is 3. The van der Waals surface area contributed by atoms with Gasteiger partial charge in [0, 0.05) is 29.8 Å². The highest BCUT2D eigenvalue weighted by molar-refractivity contribution is 6.08. The summed E-state index contributed by atoms with van der Waals surface area (Å²) in [6, 6.07) is 11.3. The largest absolute Gasteiger partial charge is 0.573 e. The summed E-state index contributed by atoms with van der Waals surface area (Å²) in [7, 11) is 2.08. The van der Waals surface area contributed by atoms with E-state index >= 15 is 0 Å². The van der Waals surface area contributed by atoms with E-state index in [0.29, 0.717) is 5.56 Å². The molecule has 0 aliphatic carbocycles. The van der Waals surface area contributed by atoms with Crippen molar-refractivity contribution in [2.75, 3.05) is 25.0 Å². The number of alkyl halides is 3. The molecule has 2 aromatic carbocycles. The summed E-state index contributed by atoms with van der Waals surface area (Å²) >= 11 is 0. The molecule has 2 aliphatic rings. The summed E-state index contributed by atoms with van der Waals surface area (Å²) in [5.41, 5.74) is 3.56. The Kier molecular flexibility index (Phi) is 4.57. The van der Waals surface area contributed by atoms with Crippen LogP contribution in [-0.2, 0) is 0 Å². The Morgan fingerprint density at radius 1 is 1.14 bits per heavy atom. The molecule has 2 aromatic rings. The van der Waals surface area contributed by atoms with Gasteiger partial charge in [-0.2, -0.15) is 0 Å². The molecule has 0 radical (unpaired) electrons. The molecule has 2 atom stereocenters. The minimum atomic E-state index is -4.75. The molecule has 0 aromatic heterocycles. The first-order valence-corrected chi connectivity index (χ1v) is 9.21. The standard InChI is InChI=1S/C21H21F3N2O2/c1-13-3-8-18-16(11-13)17-12-25(2)10-9-19(17)26(18)20(27)14-4-6-15(7-5-14)28-21(22,23)24/h3-8,11,17,19H,9-10,12H2,1-2H3/t17-,19+/m1/s1. The van der Waals surface area contributed by atoms with Crippen molar-refractivity contribution in [2.24, 2.45) is 0 Å². The molecule has 2 heterocycles. The van der Waals surface area contributed by atoms with Crippen molar-refractivity contribution in [3.63, 3.8) is 0 Å². The molecule has 2 aliphatic heterocycles. The first-order valence-electron chi connectivity index (χ1n) is 9.21. The molecule has 0 spiro atoms. The number of likely N-dealkylation sites (N-methyl/N-ethyl adjacent to an activating group) is 1. The van der Waals surface area contributed by atoms with Gasteiger partial charge in [-0.15, -0.1) is 13.2 Å². The van der Waals surface area contributed by atoms with E-state index in [1.54, 1.807) is 0 Å². The number of carbonyl (C=O) groups is 1. The number of hydrogen-bond acceptors (Lipinski definition) is 3. The third-order valence-electron chi connectivity index (χ3n) is 5.51. The van der Waals surface area contributed by atoms with Crippen LogP contribution in [0.3, 0.4) is 0 Å². The van der Waals surface area contributed by atoms with Crippen LogP contribution >= 0.6 is 0 Å². The van der Waals surface area contributed by atoms with Crippen LogP contribution in [0.25, 0.3) is 0 Å². The zero-order chi connectivity index (χ0) is 20.1. The lowest BCUT2D eigenvalue weighted by molar-refractivity contribution is -0.274. The number of piperidine rings is 1. The summed E-state index contributed by atoms with van der Waals surface area (Å²) in [6.07, 6.45) is -3.89. The third-order valence-corrected chi connectivity index (χ3v) is 5.51. The topological polar surface area (TPSA) is 32.8 Å². The number of benzene rings is 2. The van der Waals surface area contributed by atoms with Gasteiger partial charge in [-0.3, -0.25) is 4.79 Å². The molecule has 0 saturated carbocycles. The van der Waals surface area contributed by atoms with Gasteiger partial charge in [-0.05, 0) is 62.8 Å². The fraction of sp³-hybridized carbons (Fsp3) is 0.381. The van der Waals surface area contributed by atoms with Crippen molar-refractivity contribution in [2.45, 2.75) is 31.7 Å². The van der Waals surface area contributed by atoms with Crippen LogP contribution in [0.4, 0.5) is 18.9 Å². The van der Waals surface area contributed by atoms with Crippen LogP contribution in [0.1, 0.15) is 33.8 Å². The zero-order valence-electron chi connectivity index (χ0n) is 15.7.